The summed E-state index contributed by atoms with van der Waals surface area (Å²) in [5, 5.41) is -0.482. The van der Waals surface area contributed by atoms with Crippen LogP contribution in [0, 0.1) is 5.82 Å². The lowest BCUT2D eigenvalue weighted by atomic mass is 10.4. The van der Waals surface area contributed by atoms with Crippen LogP contribution in [0.3, 0.4) is 0 Å². The Bertz CT molecular complexity index is 498. The molecule has 0 bridgehead atoms. The Morgan fingerprint density at radius 1 is 1.29 bits per heavy atom. The summed E-state index contributed by atoms with van der Waals surface area (Å²) in [6.45, 7) is 2.03. The number of rotatable bonds is 2. The molecule has 7 heteroatoms. The van der Waals surface area contributed by atoms with Gasteiger partial charge in [-0.2, -0.15) is 4.31 Å². The minimum absolute atomic E-state index is 0.370. The van der Waals surface area contributed by atoms with Crippen LogP contribution in [-0.2, 0) is 10.0 Å². The number of hydrogen-bond donors (Lipinski definition) is 0. The van der Waals surface area contributed by atoms with Crippen LogP contribution in [0.5, 0.6) is 0 Å². The van der Waals surface area contributed by atoms with Gasteiger partial charge in [-0.05, 0) is 19.2 Å². The molecule has 1 saturated heterocycles. The first-order valence-electron chi connectivity index (χ1n) is 5.31. The third-order valence-corrected chi connectivity index (χ3v) is 4.61. The molecule has 17 heavy (non-hydrogen) atoms. The molecule has 1 fully saturated rings. The summed E-state index contributed by atoms with van der Waals surface area (Å²) >= 11 is 0. The van der Waals surface area contributed by atoms with E-state index in [1.807, 2.05) is 11.9 Å². The molecule has 0 aliphatic carbocycles. The summed E-state index contributed by atoms with van der Waals surface area (Å²) in [7, 11) is -1.87. The van der Waals surface area contributed by atoms with Crippen molar-refractivity contribution in [1.82, 2.24) is 14.2 Å². The molecular weight excluding hydrogens is 245 g/mol. The number of likely N-dealkylation sites (N-methyl/N-ethyl adjacent to an activating group) is 1. The van der Waals surface area contributed by atoms with Gasteiger partial charge in [0.15, 0.2) is 5.82 Å². The molecule has 0 radical (unpaired) electrons. The molecule has 0 saturated carbocycles. The number of pyridine rings is 1. The Balaban J connectivity index is 2.28. The van der Waals surface area contributed by atoms with Crippen molar-refractivity contribution in [2.75, 3.05) is 33.2 Å². The second kappa shape index (κ2) is 4.67. The average molecular weight is 259 g/mol. The molecule has 0 aromatic carbocycles. The first-order chi connectivity index (χ1) is 8.01. The van der Waals surface area contributed by atoms with E-state index in [1.54, 1.807) is 0 Å². The van der Waals surface area contributed by atoms with Gasteiger partial charge < -0.3 is 4.90 Å². The largest absolute Gasteiger partial charge is 0.304 e. The Morgan fingerprint density at radius 3 is 2.53 bits per heavy atom. The summed E-state index contributed by atoms with van der Waals surface area (Å²) < 4.78 is 39.0. The maximum atomic E-state index is 13.4. The van der Waals surface area contributed by atoms with E-state index >= 15 is 0 Å². The highest BCUT2D eigenvalue weighted by molar-refractivity contribution is 7.89. The molecule has 0 amide bonds. The van der Waals surface area contributed by atoms with E-state index in [9.17, 15) is 12.8 Å². The van der Waals surface area contributed by atoms with Crippen molar-refractivity contribution in [3.8, 4) is 0 Å². The molecule has 1 aliphatic heterocycles. The molecule has 2 heterocycles. The maximum Gasteiger partial charge on any atom is 0.263 e. The highest BCUT2D eigenvalue weighted by atomic mass is 32.2. The van der Waals surface area contributed by atoms with Gasteiger partial charge >= 0.3 is 0 Å². The van der Waals surface area contributed by atoms with Gasteiger partial charge in [0.05, 0.1) is 0 Å². The summed E-state index contributed by atoms with van der Waals surface area (Å²) in [6, 6.07) is 2.48. The number of nitrogens with zero attached hydrogens (tertiary/aromatic N) is 3. The lowest BCUT2D eigenvalue weighted by Crippen LogP contribution is -2.47. The molecule has 1 aromatic heterocycles. The lowest BCUT2D eigenvalue weighted by Gasteiger charge is -2.31. The summed E-state index contributed by atoms with van der Waals surface area (Å²) in [5.74, 6) is -0.800. The van der Waals surface area contributed by atoms with Gasteiger partial charge in [0.1, 0.15) is 0 Å². The van der Waals surface area contributed by atoms with Gasteiger partial charge in [-0.1, -0.05) is 0 Å². The maximum absolute atomic E-state index is 13.4. The molecule has 5 nitrogen and oxygen atoms in total. The molecule has 94 valence electrons. The third kappa shape index (κ3) is 2.46. The highest BCUT2D eigenvalue weighted by Crippen LogP contribution is 2.17. The van der Waals surface area contributed by atoms with E-state index in [2.05, 4.69) is 4.98 Å². The van der Waals surface area contributed by atoms with E-state index in [0.717, 1.165) is 6.07 Å². The minimum atomic E-state index is -3.80. The van der Waals surface area contributed by atoms with Crippen molar-refractivity contribution >= 4 is 10.0 Å². The van der Waals surface area contributed by atoms with Gasteiger partial charge in [-0.25, -0.2) is 17.8 Å². The van der Waals surface area contributed by atoms with Crippen LogP contribution in [0.2, 0.25) is 0 Å². The number of piperazine rings is 1. The van der Waals surface area contributed by atoms with Crippen molar-refractivity contribution in [2.24, 2.45) is 0 Å². The Kier molecular flexibility index (Phi) is 3.41. The number of halogens is 1. The van der Waals surface area contributed by atoms with Crippen LogP contribution in [0.25, 0.3) is 0 Å². The van der Waals surface area contributed by atoms with Gasteiger partial charge in [0.25, 0.3) is 10.0 Å². The standard InChI is InChI=1S/C10H14FN3O2S/c1-13-5-7-14(8-6-13)17(15,16)10-9(11)3-2-4-12-10/h2-4H,5-8H2,1H3. The van der Waals surface area contributed by atoms with E-state index in [1.165, 1.54) is 16.6 Å². The van der Waals surface area contributed by atoms with Gasteiger partial charge in [-0.15, -0.1) is 0 Å². The predicted octanol–water partition coefficient (Wildman–Crippen LogP) is 0.157. The molecule has 1 aromatic rings. The second-order valence-corrected chi connectivity index (χ2v) is 5.85. The fraction of sp³-hybridized carbons (Fsp3) is 0.500. The monoisotopic (exact) mass is 259 g/mol. The van der Waals surface area contributed by atoms with Crippen molar-refractivity contribution in [1.29, 1.82) is 0 Å². The smallest absolute Gasteiger partial charge is 0.263 e. The van der Waals surface area contributed by atoms with E-state index in [4.69, 9.17) is 0 Å². The summed E-state index contributed by atoms with van der Waals surface area (Å²) in [5.41, 5.74) is 0. The van der Waals surface area contributed by atoms with Crippen molar-refractivity contribution in [2.45, 2.75) is 5.03 Å². The first kappa shape index (κ1) is 12.4. The normalized spacial score (nSPS) is 19.4. The molecule has 2 rings (SSSR count). The van der Waals surface area contributed by atoms with Crippen molar-refractivity contribution < 1.29 is 12.8 Å². The Hall–Kier alpha value is -1.05. The molecule has 0 atom stereocenters. The topological polar surface area (TPSA) is 53.5 Å². The van der Waals surface area contributed by atoms with E-state index < -0.39 is 20.9 Å². The highest BCUT2D eigenvalue weighted by Gasteiger charge is 2.30. The van der Waals surface area contributed by atoms with Crippen LogP contribution in [-0.4, -0.2) is 55.8 Å². The SMILES string of the molecule is CN1CCN(S(=O)(=O)c2ncccc2F)CC1. The number of aromatic nitrogens is 1. The summed E-state index contributed by atoms with van der Waals surface area (Å²) in [4.78, 5) is 5.65. The van der Waals surface area contributed by atoms with Crippen LogP contribution >= 0.6 is 0 Å². The van der Waals surface area contributed by atoms with E-state index in [0.29, 0.717) is 26.2 Å². The fourth-order valence-electron chi connectivity index (χ4n) is 1.71. The quantitative estimate of drug-likeness (QED) is 0.759. The first-order valence-corrected chi connectivity index (χ1v) is 6.75. The van der Waals surface area contributed by atoms with Crippen LogP contribution in [0.15, 0.2) is 23.4 Å². The molecule has 0 N–H and O–H groups in total. The van der Waals surface area contributed by atoms with Gasteiger partial charge in [0, 0.05) is 32.4 Å². The minimum Gasteiger partial charge on any atom is -0.304 e. The average Bonchev–Trinajstić information content (AvgIpc) is 2.30. The second-order valence-electron chi connectivity index (χ2n) is 4.00. The lowest BCUT2D eigenvalue weighted by molar-refractivity contribution is 0.221. The van der Waals surface area contributed by atoms with Gasteiger partial charge in [0.2, 0.25) is 5.03 Å². The molecule has 1 aliphatic rings. The fourth-order valence-corrected chi connectivity index (χ4v) is 3.11. The molecular formula is C10H14FN3O2S. The third-order valence-electron chi connectivity index (χ3n) is 2.77. The van der Waals surface area contributed by atoms with Crippen LogP contribution in [0.4, 0.5) is 4.39 Å². The van der Waals surface area contributed by atoms with Crippen molar-refractivity contribution in [3.63, 3.8) is 0 Å². The number of sulfonamides is 1. The zero-order valence-corrected chi connectivity index (χ0v) is 10.3. The van der Waals surface area contributed by atoms with E-state index in [-0.39, 0.29) is 0 Å². The van der Waals surface area contributed by atoms with Crippen molar-refractivity contribution in [3.05, 3.63) is 24.1 Å². The van der Waals surface area contributed by atoms with Crippen LogP contribution < -0.4 is 0 Å². The Labute approximate surface area is 99.9 Å². The Morgan fingerprint density at radius 2 is 1.94 bits per heavy atom. The number of hydrogen-bond acceptors (Lipinski definition) is 4. The van der Waals surface area contributed by atoms with Gasteiger partial charge in [-0.3, -0.25) is 0 Å². The zero-order chi connectivity index (χ0) is 12.5. The summed E-state index contributed by atoms with van der Waals surface area (Å²) in [6.07, 6.45) is 1.28. The zero-order valence-electron chi connectivity index (χ0n) is 9.50. The molecule has 0 spiro atoms. The molecule has 0 unspecified atom stereocenters. The predicted molar refractivity (Wildman–Crippen MR) is 60.5 cm³/mol. The van der Waals surface area contributed by atoms with Crippen LogP contribution in [0.1, 0.15) is 0 Å².